The van der Waals surface area contributed by atoms with E-state index < -0.39 is 22.2 Å². The van der Waals surface area contributed by atoms with Crippen LogP contribution < -0.4 is 0 Å². The highest BCUT2D eigenvalue weighted by atomic mass is 16.3. The highest BCUT2D eigenvalue weighted by Crippen LogP contribution is 2.68. The number of fused-ring (bicyclic) bond motifs is 2. The van der Waals surface area contributed by atoms with Crippen molar-refractivity contribution in [3.8, 4) is 0 Å². The molecule has 0 aromatic rings. The van der Waals surface area contributed by atoms with Gasteiger partial charge >= 0.3 is 0 Å². The van der Waals surface area contributed by atoms with E-state index in [2.05, 4.69) is 62.3 Å². The fourth-order valence-electron chi connectivity index (χ4n) is 7.67. The Morgan fingerprint density at radius 3 is 1.90 bits per heavy atom. The van der Waals surface area contributed by atoms with Crippen LogP contribution in [0, 0.1) is 51.8 Å². The Balaban J connectivity index is 2.97. The monoisotopic (exact) mass is 558 g/mol. The van der Waals surface area contributed by atoms with Crippen molar-refractivity contribution in [2.24, 2.45) is 51.8 Å². The Kier molecular flexibility index (Phi) is 11.9. The second-order valence-corrected chi connectivity index (χ2v) is 15.4. The lowest BCUT2D eigenvalue weighted by Crippen LogP contribution is -2.71. The van der Waals surface area contributed by atoms with Gasteiger partial charge < -0.3 is 5.11 Å². The highest BCUT2D eigenvalue weighted by molar-refractivity contribution is 6.33. The minimum absolute atomic E-state index is 0.00940. The zero-order valence-corrected chi connectivity index (χ0v) is 27.9. The normalized spacial score (nSPS) is 29.8. The van der Waals surface area contributed by atoms with E-state index in [0.717, 1.165) is 38.5 Å². The molecule has 40 heavy (non-hydrogen) atoms. The molecule has 2 aliphatic rings. The summed E-state index contributed by atoms with van der Waals surface area (Å²) in [5, 5.41) is 12.0. The van der Waals surface area contributed by atoms with Gasteiger partial charge in [-0.1, -0.05) is 95.4 Å². The average molecular weight is 559 g/mol. The molecule has 0 aliphatic heterocycles. The van der Waals surface area contributed by atoms with Gasteiger partial charge in [-0.05, 0) is 86.4 Å². The first-order valence-corrected chi connectivity index (χ1v) is 16.6. The van der Waals surface area contributed by atoms with E-state index in [-0.39, 0.29) is 29.0 Å². The number of aliphatic hydroxyl groups is 1. The molecule has 5 unspecified atom stereocenters. The molecule has 0 aromatic carbocycles. The second-order valence-electron chi connectivity index (χ2n) is 15.4. The molecule has 4 heteroatoms. The van der Waals surface area contributed by atoms with E-state index in [4.69, 9.17) is 0 Å². The van der Waals surface area contributed by atoms with Crippen LogP contribution in [0.5, 0.6) is 0 Å². The van der Waals surface area contributed by atoms with Crippen molar-refractivity contribution in [3.05, 3.63) is 11.3 Å². The summed E-state index contributed by atoms with van der Waals surface area (Å²) in [4.78, 5) is 45.0. The second kappa shape index (κ2) is 13.7. The van der Waals surface area contributed by atoms with E-state index in [1.54, 1.807) is 0 Å². The number of hydrogen-bond acceptors (Lipinski definition) is 4. The van der Waals surface area contributed by atoms with E-state index in [9.17, 15) is 14.7 Å². The summed E-state index contributed by atoms with van der Waals surface area (Å²) in [7, 11) is 0. The number of rotatable bonds is 16. The number of ketones is 3. The maximum Gasteiger partial charge on any atom is 0.183 e. The van der Waals surface area contributed by atoms with Gasteiger partial charge in [0, 0.05) is 11.5 Å². The first-order chi connectivity index (χ1) is 18.5. The molecule has 1 fully saturated rings. The van der Waals surface area contributed by atoms with Gasteiger partial charge in [0.15, 0.2) is 22.8 Å². The molecule has 0 spiro atoms. The molecular formula is C36H62O4. The van der Waals surface area contributed by atoms with Crippen LogP contribution in [-0.2, 0) is 14.4 Å². The Morgan fingerprint density at radius 1 is 0.850 bits per heavy atom. The lowest BCUT2D eigenvalue weighted by Gasteiger charge is -2.61. The summed E-state index contributed by atoms with van der Waals surface area (Å²) >= 11 is 0. The van der Waals surface area contributed by atoms with Crippen LogP contribution in [0.15, 0.2) is 11.3 Å². The van der Waals surface area contributed by atoms with Gasteiger partial charge in [0.1, 0.15) is 5.76 Å². The van der Waals surface area contributed by atoms with Crippen LogP contribution in [0.2, 0.25) is 0 Å². The molecule has 2 aliphatic carbocycles. The Morgan fingerprint density at radius 2 is 1.40 bits per heavy atom. The Hall–Kier alpha value is -1.45. The summed E-state index contributed by atoms with van der Waals surface area (Å²) in [6, 6.07) is 0. The van der Waals surface area contributed by atoms with E-state index >= 15 is 4.79 Å². The number of allylic oxidation sites excluding steroid dienone is 2. The molecule has 0 amide bonds. The molecule has 4 nitrogen and oxygen atoms in total. The quantitative estimate of drug-likeness (QED) is 0.191. The molecule has 0 radical (unpaired) electrons. The number of carbonyl (C=O) groups is 3. The standard InChI is InChI=1S/C36H62O4/c1-12-27(10)30(37)36-32(39)29(18-16-25(6)7)31(38)35(33(36)40,21-19-26(8)9)22-28(17-15-24(4)5)34(36,11)20-13-14-23(2)3/h23-28,38H,12-22H2,1-11H3. The van der Waals surface area contributed by atoms with Crippen molar-refractivity contribution >= 4 is 17.3 Å². The van der Waals surface area contributed by atoms with Crippen LogP contribution in [0.25, 0.3) is 0 Å². The third-order valence-corrected chi connectivity index (χ3v) is 10.6. The number of hydrogen-bond donors (Lipinski definition) is 1. The van der Waals surface area contributed by atoms with Crippen molar-refractivity contribution in [1.82, 2.24) is 0 Å². The number of aliphatic hydroxyl groups excluding tert-OH is 1. The van der Waals surface area contributed by atoms with Gasteiger partial charge in [0.2, 0.25) is 0 Å². The maximum atomic E-state index is 15.2. The summed E-state index contributed by atoms with van der Waals surface area (Å²) in [5.41, 5.74) is -3.25. The number of Topliss-reactive ketones (excluding diaryl/α,β-unsaturated/α-hetero) is 3. The molecule has 2 rings (SSSR count). The van der Waals surface area contributed by atoms with Crippen molar-refractivity contribution in [1.29, 1.82) is 0 Å². The lowest BCUT2D eigenvalue weighted by molar-refractivity contribution is -0.182. The third-order valence-electron chi connectivity index (χ3n) is 10.6. The SMILES string of the molecule is CCC(C)C(=O)C12C(=O)C(CCC(C)C)=C(O)C(CCC(C)C)(CC(CCC(C)C)C1(C)CCCC(C)C)C2=O. The van der Waals surface area contributed by atoms with Gasteiger partial charge in [0.05, 0.1) is 5.41 Å². The smallest absolute Gasteiger partial charge is 0.183 e. The average Bonchev–Trinajstić information content (AvgIpc) is 2.86. The first-order valence-electron chi connectivity index (χ1n) is 16.6. The zero-order chi connectivity index (χ0) is 30.6. The summed E-state index contributed by atoms with van der Waals surface area (Å²) in [5.74, 6) is 0.493. The summed E-state index contributed by atoms with van der Waals surface area (Å²) in [6.07, 6.45) is 8.00. The predicted molar refractivity (Wildman–Crippen MR) is 166 cm³/mol. The minimum atomic E-state index is -1.71. The van der Waals surface area contributed by atoms with Crippen LogP contribution in [0.4, 0.5) is 0 Å². The van der Waals surface area contributed by atoms with Gasteiger partial charge in [-0.2, -0.15) is 0 Å². The van der Waals surface area contributed by atoms with Crippen LogP contribution in [0.1, 0.15) is 147 Å². The molecule has 0 aromatic heterocycles. The minimum Gasteiger partial charge on any atom is -0.511 e. The lowest BCUT2D eigenvalue weighted by atomic mass is 9.37. The molecular weight excluding hydrogens is 496 g/mol. The van der Waals surface area contributed by atoms with Crippen LogP contribution in [-0.4, -0.2) is 22.5 Å². The highest BCUT2D eigenvalue weighted by Gasteiger charge is 2.76. The van der Waals surface area contributed by atoms with Crippen LogP contribution in [0.3, 0.4) is 0 Å². The Bertz CT molecular complexity index is 940. The molecule has 1 saturated carbocycles. The van der Waals surface area contributed by atoms with E-state index in [1.165, 1.54) is 0 Å². The van der Waals surface area contributed by atoms with Crippen LogP contribution >= 0.6 is 0 Å². The van der Waals surface area contributed by atoms with E-state index in [1.807, 2.05) is 13.8 Å². The molecule has 2 bridgehead atoms. The van der Waals surface area contributed by atoms with Gasteiger partial charge in [0.25, 0.3) is 0 Å². The van der Waals surface area contributed by atoms with Gasteiger partial charge in [-0.25, -0.2) is 0 Å². The van der Waals surface area contributed by atoms with E-state index in [0.29, 0.717) is 61.3 Å². The van der Waals surface area contributed by atoms with Crippen molar-refractivity contribution < 1.29 is 19.5 Å². The van der Waals surface area contributed by atoms with Gasteiger partial charge in [-0.15, -0.1) is 0 Å². The largest absolute Gasteiger partial charge is 0.511 e. The molecule has 1 N–H and O–H groups in total. The summed E-state index contributed by atoms with van der Waals surface area (Å²) < 4.78 is 0. The third kappa shape index (κ3) is 6.31. The molecule has 0 heterocycles. The predicted octanol–water partition coefficient (Wildman–Crippen LogP) is 9.70. The molecule has 5 atom stereocenters. The fraction of sp³-hybridized carbons (Fsp3) is 0.861. The van der Waals surface area contributed by atoms with Crippen molar-refractivity contribution in [2.45, 2.75) is 147 Å². The fourth-order valence-corrected chi connectivity index (χ4v) is 7.67. The number of carbonyl (C=O) groups excluding carboxylic acids is 3. The van der Waals surface area contributed by atoms with Crippen molar-refractivity contribution in [2.75, 3.05) is 0 Å². The molecule has 0 saturated heterocycles. The van der Waals surface area contributed by atoms with Crippen molar-refractivity contribution in [3.63, 3.8) is 0 Å². The first kappa shape index (κ1) is 34.7. The molecule has 230 valence electrons. The van der Waals surface area contributed by atoms with Gasteiger partial charge in [-0.3, -0.25) is 14.4 Å². The zero-order valence-electron chi connectivity index (χ0n) is 27.9. The summed E-state index contributed by atoms with van der Waals surface area (Å²) in [6.45, 7) is 23.3. The maximum absolute atomic E-state index is 15.2. The topological polar surface area (TPSA) is 71.4 Å². The Labute approximate surface area is 246 Å².